The van der Waals surface area contributed by atoms with Gasteiger partial charge in [-0.2, -0.15) is 4.98 Å². The van der Waals surface area contributed by atoms with E-state index in [9.17, 15) is 18.3 Å². The summed E-state index contributed by atoms with van der Waals surface area (Å²) < 4.78 is 34.4. The highest BCUT2D eigenvalue weighted by atomic mass is 32.2. The van der Waals surface area contributed by atoms with E-state index in [1.54, 1.807) is 28.1 Å². The van der Waals surface area contributed by atoms with Gasteiger partial charge in [0, 0.05) is 50.0 Å². The van der Waals surface area contributed by atoms with Crippen molar-refractivity contribution in [2.24, 2.45) is 5.92 Å². The van der Waals surface area contributed by atoms with Crippen LogP contribution in [0.4, 0.5) is 5.95 Å². The molecule has 2 atom stereocenters. The van der Waals surface area contributed by atoms with Crippen LogP contribution in [0.5, 0.6) is 0 Å². The SMILES string of the molecule is C[C@@]1(O)CCC[C@H]1n1c(=O)ccc2cnc(NC3CCN(S(=O)(=O)CC4CCOCC4)CC3)nc21. The third kappa shape index (κ3) is 5.23. The lowest BCUT2D eigenvalue weighted by molar-refractivity contribution is 0.0267. The molecule has 0 spiro atoms. The van der Waals surface area contributed by atoms with Gasteiger partial charge in [-0.15, -0.1) is 0 Å². The van der Waals surface area contributed by atoms with E-state index in [-0.39, 0.29) is 29.3 Å². The van der Waals surface area contributed by atoms with Gasteiger partial charge in [0.25, 0.3) is 5.56 Å². The molecule has 1 saturated carbocycles. The molecule has 5 rings (SSSR count). The van der Waals surface area contributed by atoms with Gasteiger partial charge in [0.15, 0.2) is 0 Å². The Morgan fingerprint density at radius 2 is 1.91 bits per heavy atom. The molecule has 1 aliphatic carbocycles. The molecular formula is C24H35N5O5S. The topological polar surface area (TPSA) is 127 Å². The Hall–Kier alpha value is -2.08. The number of hydrogen-bond acceptors (Lipinski definition) is 8. The summed E-state index contributed by atoms with van der Waals surface area (Å²) in [6.45, 7) is 3.99. The maximum absolute atomic E-state index is 12.9. The number of piperidine rings is 1. The van der Waals surface area contributed by atoms with Crippen LogP contribution in [0.15, 0.2) is 23.1 Å². The van der Waals surface area contributed by atoms with Crippen LogP contribution >= 0.6 is 0 Å². The lowest BCUT2D eigenvalue weighted by Gasteiger charge is -2.33. The van der Waals surface area contributed by atoms with E-state index in [4.69, 9.17) is 4.74 Å². The van der Waals surface area contributed by atoms with E-state index in [0.717, 1.165) is 31.1 Å². The molecule has 0 radical (unpaired) electrons. The van der Waals surface area contributed by atoms with Crippen molar-refractivity contribution in [3.63, 3.8) is 0 Å². The number of rotatable bonds is 6. The summed E-state index contributed by atoms with van der Waals surface area (Å²) in [6.07, 6.45) is 6.84. The molecule has 192 valence electrons. The summed E-state index contributed by atoms with van der Waals surface area (Å²) >= 11 is 0. The second kappa shape index (κ2) is 9.76. The highest BCUT2D eigenvalue weighted by molar-refractivity contribution is 7.89. The van der Waals surface area contributed by atoms with Crippen molar-refractivity contribution < 1.29 is 18.3 Å². The molecule has 10 nitrogen and oxygen atoms in total. The third-order valence-corrected chi connectivity index (χ3v) is 9.87. The molecule has 2 aromatic rings. The van der Waals surface area contributed by atoms with Gasteiger partial charge in [-0.25, -0.2) is 17.7 Å². The molecule has 35 heavy (non-hydrogen) atoms. The van der Waals surface area contributed by atoms with Crippen LogP contribution in [0, 0.1) is 5.92 Å². The summed E-state index contributed by atoms with van der Waals surface area (Å²) in [4.78, 5) is 21.9. The molecule has 3 fully saturated rings. The maximum atomic E-state index is 12.9. The van der Waals surface area contributed by atoms with Crippen LogP contribution < -0.4 is 10.9 Å². The van der Waals surface area contributed by atoms with Crippen molar-refractivity contribution in [3.05, 3.63) is 28.7 Å². The number of nitrogens with zero attached hydrogens (tertiary/aromatic N) is 4. The van der Waals surface area contributed by atoms with Crippen molar-refractivity contribution in [1.82, 2.24) is 18.8 Å². The van der Waals surface area contributed by atoms with Crippen LogP contribution in [0.25, 0.3) is 11.0 Å². The predicted octanol–water partition coefficient (Wildman–Crippen LogP) is 1.90. The molecule has 3 aliphatic rings. The van der Waals surface area contributed by atoms with Gasteiger partial charge >= 0.3 is 0 Å². The minimum Gasteiger partial charge on any atom is -0.388 e. The molecule has 0 amide bonds. The number of fused-ring (bicyclic) bond motifs is 1. The summed E-state index contributed by atoms with van der Waals surface area (Å²) in [5.74, 6) is 0.789. The molecule has 4 heterocycles. The lowest BCUT2D eigenvalue weighted by atomic mass is 10.00. The minimum atomic E-state index is -3.28. The molecule has 0 bridgehead atoms. The van der Waals surface area contributed by atoms with E-state index < -0.39 is 15.6 Å². The molecule has 2 saturated heterocycles. The molecule has 0 unspecified atom stereocenters. The zero-order valence-electron chi connectivity index (χ0n) is 20.2. The fourth-order valence-electron chi connectivity index (χ4n) is 5.72. The quantitative estimate of drug-likeness (QED) is 0.610. The van der Waals surface area contributed by atoms with Gasteiger partial charge in [-0.1, -0.05) is 0 Å². The number of aliphatic hydroxyl groups is 1. The number of anilines is 1. The fourth-order valence-corrected chi connectivity index (χ4v) is 7.63. The normalized spacial score (nSPS) is 27.4. The first kappa shape index (κ1) is 24.6. The zero-order valence-corrected chi connectivity index (χ0v) is 21.0. The number of nitrogens with one attached hydrogen (secondary N) is 1. The Balaban J connectivity index is 1.28. The highest BCUT2D eigenvalue weighted by Crippen LogP contribution is 2.39. The molecular weight excluding hydrogens is 470 g/mol. The lowest BCUT2D eigenvalue weighted by Crippen LogP contribution is -2.44. The van der Waals surface area contributed by atoms with E-state index in [1.807, 2.05) is 0 Å². The average molecular weight is 506 g/mol. The van der Waals surface area contributed by atoms with E-state index in [0.29, 0.717) is 57.2 Å². The summed E-state index contributed by atoms with van der Waals surface area (Å²) in [5.41, 5.74) is -0.629. The first-order chi connectivity index (χ1) is 16.7. The monoisotopic (exact) mass is 505 g/mol. The average Bonchev–Trinajstić information content (AvgIpc) is 3.18. The Morgan fingerprint density at radius 1 is 1.17 bits per heavy atom. The van der Waals surface area contributed by atoms with Crippen LogP contribution in [0.1, 0.15) is 57.9 Å². The zero-order chi connectivity index (χ0) is 24.6. The summed E-state index contributed by atoms with van der Waals surface area (Å²) in [7, 11) is -3.28. The first-order valence-corrected chi connectivity index (χ1v) is 14.3. The van der Waals surface area contributed by atoms with Gasteiger partial charge in [-0.3, -0.25) is 9.36 Å². The standard InChI is InChI=1S/C24H35N5O5S/c1-24(31)10-2-3-20(24)29-21(30)5-4-18-15-25-23(27-22(18)29)26-19-6-11-28(12-7-19)35(32,33)16-17-8-13-34-14-9-17/h4-5,15,17,19-20,31H,2-3,6-14,16H2,1H3,(H,25,26,27)/t20-,24-/m1/s1. The summed E-state index contributed by atoms with van der Waals surface area (Å²) in [5, 5.41) is 14.9. The van der Waals surface area contributed by atoms with Crippen molar-refractivity contribution in [1.29, 1.82) is 0 Å². The van der Waals surface area contributed by atoms with E-state index >= 15 is 0 Å². The van der Waals surface area contributed by atoms with Crippen LogP contribution in [0.3, 0.4) is 0 Å². The molecule has 2 N–H and O–H groups in total. The van der Waals surface area contributed by atoms with E-state index in [1.165, 1.54) is 6.07 Å². The fraction of sp³-hybridized carbons (Fsp3) is 0.708. The Kier molecular flexibility index (Phi) is 6.86. The third-order valence-electron chi connectivity index (χ3n) is 7.82. The van der Waals surface area contributed by atoms with Crippen molar-refractivity contribution in [2.75, 3.05) is 37.4 Å². The van der Waals surface area contributed by atoms with Gasteiger partial charge < -0.3 is 15.2 Å². The Labute approximate surface area is 205 Å². The molecule has 0 aromatic carbocycles. The second-order valence-corrected chi connectivity index (χ2v) is 12.4. The van der Waals surface area contributed by atoms with Gasteiger partial charge in [0.1, 0.15) is 5.65 Å². The number of aromatic nitrogens is 3. The number of sulfonamides is 1. The Bertz CT molecular complexity index is 1220. The Morgan fingerprint density at radius 3 is 2.60 bits per heavy atom. The van der Waals surface area contributed by atoms with Crippen LogP contribution in [-0.2, 0) is 14.8 Å². The number of pyridine rings is 1. The predicted molar refractivity (Wildman–Crippen MR) is 133 cm³/mol. The van der Waals surface area contributed by atoms with Crippen molar-refractivity contribution >= 4 is 27.0 Å². The maximum Gasteiger partial charge on any atom is 0.252 e. The highest BCUT2D eigenvalue weighted by Gasteiger charge is 2.39. The second-order valence-electron chi connectivity index (χ2n) is 10.4. The van der Waals surface area contributed by atoms with Crippen molar-refractivity contribution in [3.8, 4) is 0 Å². The molecule has 11 heteroatoms. The molecule has 2 aliphatic heterocycles. The van der Waals surface area contributed by atoms with Crippen molar-refractivity contribution in [2.45, 2.75) is 69.6 Å². The van der Waals surface area contributed by atoms with Gasteiger partial charge in [0.2, 0.25) is 16.0 Å². The van der Waals surface area contributed by atoms with Crippen LogP contribution in [-0.4, -0.2) is 76.1 Å². The van der Waals surface area contributed by atoms with Gasteiger partial charge in [-0.05, 0) is 63.9 Å². The largest absolute Gasteiger partial charge is 0.388 e. The molecule has 2 aromatic heterocycles. The summed E-state index contributed by atoms with van der Waals surface area (Å²) in [6, 6.07) is 2.93. The van der Waals surface area contributed by atoms with Crippen LogP contribution in [0.2, 0.25) is 0 Å². The van der Waals surface area contributed by atoms with Gasteiger partial charge in [0.05, 0.1) is 17.4 Å². The minimum absolute atomic E-state index is 0.0421. The van der Waals surface area contributed by atoms with E-state index in [2.05, 4.69) is 15.3 Å². The number of ether oxygens (including phenoxy) is 1. The first-order valence-electron chi connectivity index (χ1n) is 12.7. The number of hydrogen-bond donors (Lipinski definition) is 2. The smallest absolute Gasteiger partial charge is 0.252 e.